The molecule has 0 saturated carbocycles. The van der Waals surface area contributed by atoms with Crippen molar-refractivity contribution in [3.8, 4) is 0 Å². The van der Waals surface area contributed by atoms with Crippen LogP contribution in [0.3, 0.4) is 0 Å². The summed E-state index contributed by atoms with van der Waals surface area (Å²) in [5.41, 5.74) is 0. The van der Waals surface area contributed by atoms with Crippen LogP contribution in [0.1, 0.15) is 13.3 Å². The zero-order valence-corrected chi connectivity index (χ0v) is 11.4. The number of nitrogens with one attached hydrogen (secondary N) is 2. The Morgan fingerprint density at radius 3 is 2.61 bits per heavy atom. The lowest BCUT2D eigenvalue weighted by molar-refractivity contribution is -0.138. The van der Waals surface area contributed by atoms with Crippen molar-refractivity contribution in [3.05, 3.63) is 0 Å². The van der Waals surface area contributed by atoms with Gasteiger partial charge in [0.1, 0.15) is 0 Å². The molecule has 0 aromatic rings. The van der Waals surface area contributed by atoms with Gasteiger partial charge in [0.25, 0.3) is 0 Å². The molecule has 106 valence electrons. The number of carbonyl (C=O) groups excluding carboxylic acids is 1. The van der Waals surface area contributed by atoms with Gasteiger partial charge in [-0.2, -0.15) is 0 Å². The van der Waals surface area contributed by atoms with Crippen LogP contribution in [0.5, 0.6) is 0 Å². The first-order chi connectivity index (χ1) is 8.41. The number of carbonyl (C=O) groups is 2. The third kappa shape index (κ3) is 11.3. The normalized spacial score (nSPS) is 13.7. The van der Waals surface area contributed by atoms with E-state index in [2.05, 4.69) is 10.6 Å². The largest absolute Gasteiger partial charge is 0.481 e. The number of amides is 2. The third-order valence-electron chi connectivity index (χ3n) is 1.85. The van der Waals surface area contributed by atoms with Gasteiger partial charge in [0.2, 0.25) is 0 Å². The van der Waals surface area contributed by atoms with Crippen LogP contribution >= 0.6 is 0 Å². The number of urea groups is 1. The fourth-order valence-corrected chi connectivity index (χ4v) is 1.95. The molecule has 18 heavy (non-hydrogen) atoms. The minimum absolute atomic E-state index is 0.0501. The maximum absolute atomic E-state index is 11.3. The van der Waals surface area contributed by atoms with Crippen molar-refractivity contribution in [2.75, 3.05) is 31.8 Å². The molecule has 3 N–H and O–H groups in total. The zero-order chi connectivity index (χ0) is 14.0. The number of carboxylic acid groups (broad SMARTS) is 1. The smallest absolute Gasteiger partial charge is 0.315 e. The maximum Gasteiger partial charge on any atom is 0.315 e. The van der Waals surface area contributed by atoms with Crippen LogP contribution in [-0.2, 0) is 20.3 Å². The summed E-state index contributed by atoms with van der Waals surface area (Å²) < 4.78 is 15.9. The maximum atomic E-state index is 11.3. The highest BCUT2D eigenvalue weighted by molar-refractivity contribution is 7.84. The number of aliphatic carboxylic acids is 1. The van der Waals surface area contributed by atoms with Gasteiger partial charge in [0, 0.05) is 35.4 Å². The number of hydrogen-bond donors (Lipinski definition) is 3. The fraction of sp³-hybridized carbons (Fsp3) is 0.800. The van der Waals surface area contributed by atoms with Crippen molar-refractivity contribution in [2.24, 2.45) is 0 Å². The van der Waals surface area contributed by atoms with Crippen molar-refractivity contribution in [1.82, 2.24) is 10.6 Å². The molecule has 0 rings (SSSR count). The van der Waals surface area contributed by atoms with Gasteiger partial charge in [-0.15, -0.1) is 0 Å². The van der Waals surface area contributed by atoms with Crippen LogP contribution in [-0.4, -0.2) is 59.1 Å². The lowest BCUT2D eigenvalue weighted by atomic mass is 10.4. The predicted octanol–water partition coefficient (Wildman–Crippen LogP) is -0.456. The van der Waals surface area contributed by atoms with Gasteiger partial charge in [-0.3, -0.25) is 9.00 Å². The summed E-state index contributed by atoms with van der Waals surface area (Å²) in [6.07, 6.45) is 1.53. The molecule has 0 saturated heterocycles. The van der Waals surface area contributed by atoms with E-state index in [4.69, 9.17) is 9.84 Å². The molecule has 2 amide bonds. The molecule has 0 spiro atoms. The highest BCUT2D eigenvalue weighted by Crippen LogP contribution is 1.86. The molecular weight excluding hydrogens is 260 g/mol. The van der Waals surface area contributed by atoms with Gasteiger partial charge in [0.15, 0.2) is 0 Å². The van der Waals surface area contributed by atoms with Crippen LogP contribution in [0.25, 0.3) is 0 Å². The first-order valence-corrected chi connectivity index (χ1v) is 7.28. The minimum atomic E-state index is -0.949. The summed E-state index contributed by atoms with van der Waals surface area (Å²) in [6, 6.07) is -0.515. The standard InChI is InChI=1S/C10H20N2O5S/c1-8(7-18(2)16)12-10(15)11-4-6-17-5-3-9(13)14/h8H,3-7H2,1-2H3,(H,13,14)(H2,11,12,15). The predicted molar refractivity (Wildman–Crippen MR) is 68.0 cm³/mol. The second-order valence-corrected chi connectivity index (χ2v) is 5.28. The Balaban J connectivity index is 3.47. The highest BCUT2D eigenvalue weighted by Gasteiger charge is 2.07. The van der Waals surface area contributed by atoms with E-state index < -0.39 is 16.8 Å². The molecule has 0 aromatic carbocycles. The second-order valence-electron chi connectivity index (χ2n) is 3.80. The average Bonchev–Trinajstić information content (AvgIpc) is 2.21. The Hall–Kier alpha value is -1.15. The molecule has 2 unspecified atom stereocenters. The van der Waals surface area contributed by atoms with E-state index in [0.717, 1.165) is 0 Å². The van der Waals surface area contributed by atoms with E-state index in [9.17, 15) is 13.8 Å². The van der Waals surface area contributed by atoms with Gasteiger partial charge in [-0.1, -0.05) is 0 Å². The van der Waals surface area contributed by atoms with E-state index >= 15 is 0 Å². The van der Waals surface area contributed by atoms with Gasteiger partial charge < -0.3 is 20.5 Å². The summed E-state index contributed by atoms with van der Waals surface area (Å²) in [4.78, 5) is 21.5. The van der Waals surface area contributed by atoms with Crippen LogP contribution in [0, 0.1) is 0 Å². The fourth-order valence-electron chi connectivity index (χ4n) is 1.17. The Morgan fingerprint density at radius 1 is 1.39 bits per heavy atom. The summed E-state index contributed by atoms with van der Waals surface area (Å²) in [5, 5.41) is 13.5. The molecule has 2 atom stereocenters. The van der Waals surface area contributed by atoms with E-state index in [1.807, 2.05) is 0 Å². The number of carboxylic acids is 1. The van der Waals surface area contributed by atoms with E-state index in [1.165, 1.54) is 0 Å². The molecule has 7 nitrogen and oxygen atoms in total. The van der Waals surface area contributed by atoms with Gasteiger partial charge in [-0.05, 0) is 6.92 Å². The average molecular weight is 280 g/mol. The summed E-state index contributed by atoms with van der Waals surface area (Å²) in [5.74, 6) is -0.509. The Labute approximate surface area is 109 Å². The van der Waals surface area contributed by atoms with Crippen molar-refractivity contribution < 1.29 is 23.6 Å². The molecule has 0 fully saturated rings. The number of ether oxygens (including phenoxy) is 1. The SMILES string of the molecule is CC(CS(C)=O)NC(=O)NCCOCCC(=O)O. The lowest BCUT2D eigenvalue weighted by Crippen LogP contribution is -2.43. The summed E-state index contributed by atoms with van der Waals surface area (Å²) in [6.45, 7) is 2.45. The van der Waals surface area contributed by atoms with Crippen LogP contribution in [0.2, 0.25) is 0 Å². The molecule has 0 radical (unpaired) electrons. The molecule has 0 bridgehead atoms. The van der Waals surface area contributed by atoms with Gasteiger partial charge >= 0.3 is 12.0 Å². The van der Waals surface area contributed by atoms with Crippen molar-refractivity contribution in [3.63, 3.8) is 0 Å². The topological polar surface area (TPSA) is 105 Å². The summed E-state index contributed by atoms with van der Waals surface area (Å²) in [7, 11) is -0.949. The minimum Gasteiger partial charge on any atom is -0.481 e. The molecule has 0 aliphatic rings. The first-order valence-electron chi connectivity index (χ1n) is 5.55. The second kappa shape index (κ2) is 9.84. The Morgan fingerprint density at radius 2 is 2.06 bits per heavy atom. The van der Waals surface area contributed by atoms with E-state index in [0.29, 0.717) is 12.3 Å². The van der Waals surface area contributed by atoms with E-state index in [-0.39, 0.29) is 31.7 Å². The molecule has 0 heterocycles. The summed E-state index contributed by atoms with van der Waals surface area (Å²) >= 11 is 0. The highest BCUT2D eigenvalue weighted by atomic mass is 32.2. The number of hydrogen-bond acceptors (Lipinski definition) is 4. The van der Waals surface area contributed by atoms with E-state index in [1.54, 1.807) is 13.2 Å². The third-order valence-corrected chi connectivity index (χ3v) is 2.82. The Bertz CT molecular complexity index is 298. The Kier molecular flexibility index (Phi) is 9.21. The van der Waals surface area contributed by atoms with Gasteiger partial charge in [0.05, 0.1) is 19.6 Å². The molecule has 0 aromatic heterocycles. The lowest BCUT2D eigenvalue weighted by Gasteiger charge is -2.13. The zero-order valence-electron chi connectivity index (χ0n) is 10.6. The van der Waals surface area contributed by atoms with Crippen molar-refractivity contribution in [1.29, 1.82) is 0 Å². The number of rotatable bonds is 9. The monoisotopic (exact) mass is 280 g/mol. The molecule has 0 aliphatic carbocycles. The van der Waals surface area contributed by atoms with Crippen LogP contribution in [0.4, 0.5) is 4.79 Å². The first kappa shape index (κ1) is 16.9. The molecule has 0 aliphatic heterocycles. The van der Waals surface area contributed by atoms with Crippen molar-refractivity contribution >= 4 is 22.8 Å². The quantitative estimate of drug-likeness (QED) is 0.496. The van der Waals surface area contributed by atoms with Crippen molar-refractivity contribution in [2.45, 2.75) is 19.4 Å². The molecular formula is C10H20N2O5S. The molecule has 8 heteroatoms. The van der Waals surface area contributed by atoms with Gasteiger partial charge in [-0.25, -0.2) is 4.79 Å². The van der Waals surface area contributed by atoms with Crippen LogP contribution in [0.15, 0.2) is 0 Å². The van der Waals surface area contributed by atoms with Crippen LogP contribution < -0.4 is 10.6 Å².